The van der Waals surface area contributed by atoms with Crippen LogP contribution in [0.25, 0.3) is 0 Å². The lowest BCUT2D eigenvalue weighted by atomic mass is 10.0. The largest absolute Gasteiger partial charge is 0.385 e. The molecular weight excluding hydrogens is 310 g/mol. The lowest BCUT2D eigenvalue weighted by Gasteiger charge is -2.32. The normalized spacial score (nSPS) is 13.4. The number of aliphatic hydroxyl groups is 1. The van der Waals surface area contributed by atoms with Crippen LogP contribution in [0.1, 0.15) is 57.9 Å². The Hall–Kier alpha value is -0.900. The first-order valence-electron chi connectivity index (χ1n) is 10.0. The van der Waals surface area contributed by atoms with E-state index < -0.39 is 6.10 Å². The highest BCUT2D eigenvalue weighted by Crippen LogP contribution is 2.12. The molecule has 1 unspecified atom stereocenters. The van der Waals surface area contributed by atoms with Crippen molar-refractivity contribution >= 4 is 0 Å². The van der Waals surface area contributed by atoms with Crippen LogP contribution in [0.5, 0.6) is 0 Å². The lowest BCUT2D eigenvalue weighted by Crippen LogP contribution is -2.45. The van der Waals surface area contributed by atoms with Crippen molar-refractivity contribution in [2.75, 3.05) is 33.9 Å². The van der Waals surface area contributed by atoms with Gasteiger partial charge in [-0.1, -0.05) is 76.3 Å². The predicted octanol–water partition coefficient (Wildman–Crippen LogP) is 4.64. The summed E-state index contributed by atoms with van der Waals surface area (Å²) in [5.41, 5.74) is 1.30. The number of hydrogen-bond donors (Lipinski definition) is 1. The SMILES string of the molecule is CC(C)CCCCCCCOCC(O)C[N+](C)(C)Cc1ccccc1. The minimum absolute atomic E-state index is 0.398. The van der Waals surface area contributed by atoms with Crippen molar-refractivity contribution in [1.29, 1.82) is 0 Å². The maximum Gasteiger partial charge on any atom is 0.126 e. The van der Waals surface area contributed by atoms with E-state index in [9.17, 15) is 5.11 Å². The molecule has 1 aromatic carbocycles. The zero-order chi connectivity index (χ0) is 18.5. The molecule has 3 nitrogen and oxygen atoms in total. The van der Waals surface area contributed by atoms with Gasteiger partial charge in [-0.05, 0) is 12.3 Å². The van der Waals surface area contributed by atoms with Crippen molar-refractivity contribution in [3.05, 3.63) is 35.9 Å². The van der Waals surface area contributed by atoms with E-state index in [1.807, 2.05) is 6.07 Å². The number of nitrogens with zero attached hydrogens (tertiary/aromatic N) is 1. The molecule has 0 aromatic heterocycles. The number of unbranched alkanes of at least 4 members (excludes halogenated alkanes) is 4. The second kappa shape index (κ2) is 12.5. The number of likely N-dealkylation sites (N-methyl/N-ethyl adjacent to an activating group) is 1. The molecule has 25 heavy (non-hydrogen) atoms. The molecule has 0 heterocycles. The Morgan fingerprint density at radius 2 is 1.60 bits per heavy atom. The number of aliphatic hydroxyl groups excluding tert-OH is 1. The van der Waals surface area contributed by atoms with Crippen LogP contribution < -0.4 is 0 Å². The molecule has 0 fully saturated rings. The maximum atomic E-state index is 10.2. The van der Waals surface area contributed by atoms with E-state index in [0.717, 1.165) is 30.0 Å². The Morgan fingerprint density at radius 3 is 2.28 bits per heavy atom. The van der Waals surface area contributed by atoms with Crippen LogP contribution in [0.15, 0.2) is 30.3 Å². The zero-order valence-corrected chi connectivity index (χ0v) is 16.9. The highest BCUT2D eigenvalue weighted by Gasteiger charge is 2.21. The van der Waals surface area contributed by atoms with Gasteiger partial charge in [0.1, 0.15) is 19.2 Å². The van der Waals surface area contributed by atoms with Gasteiger partial charge in [-0.3, -0.25) is 0 Å². The Bertz CT molecular complexity index is 431. The Morgan fingerprint density at radius 1 is 0.960 bits per heavy atom. The van der Waals surface area contributed by atoms with Gasteiger partial charge in [0.25, 0.3) is 0 Å². The number of quaternary nitrogens is 1. The molecule has 0 radical (unpaired) electrons. The molecule has 0 saturated carbocycles. The van der Waals surface area contributed by atoms with Crippen molar-refractivity contribution in [1.82, 2.24) is 0 Å². The molecule has 1 atom stereocenters. The van der Waals surface area contributed by atoms with Crippen molar-refractivity contribution < 1.29 is 14.3 Å². The number of benzene rings is 1. The van der Waals surface area contributed by atoms with Gasteiger partial charge in [-0.2, -0.15) is 0 Å². The van der Waals surface area contributed by atoms with Gasteiger partial charge < -0.3 is 14.3 Å². The average molecular weight is 351 g/mol. The van der Waals surface area contributed by atoms with Gasteiger partial charge in [0, 0.05) is 12.2 Å². The third-order valence-corrected chi connectivity index (χ3v) is 4.54. The van der Waals surface area contributed by atoms with E-state index in [2.05, 4.69) is 52.2 Å². The van der Waals surface area contributed by atoms with E-state index in [1.165, 1.54) is 37.7 Å². The fourth-order valence-electron chi connectivity index (χ4n) is 3.27. The maximum absolute atomic E-state index is 10.2. The van der Waals surface area contributed by atoms with Crippen LogP contribution in [0, 0.1) is 5.92 Å². The van der Waals surface area contributed by atoms with Crippen LogP contribution in [0.4, 0.5) is 0 Å². The third kappa shape index (κ3) is 12.1. The summed E-state index contributed by atoms with van der Waals surface area (Å²) in [4.78, 5) is 0. The van der Waals surface area contributed by atoms with E-state index in [0.29, 0.717) is 13.2 Å². The predicted molar refractivity (Wildman–Crippen MR) is 106 cm³/mol. The average Bonchev–Trinajstić information content (AvgIpc) is 2.53. The topological polar surface area (TPSA) is 29.5 Å². The summed E-state index contributed by atoms with van der Waals surface area (Å²) in [6.45, 7) is 7.44. The highest BCUT2D eigenvalue weighted by molar-refractivity contribution is 5.13. The number of rotatable bonds is 14. The zero-order valence-electron chi connectivity index (χ0n) is 16.9. The second-order valence-electron chi connectivity index (χ2n) is 8.44. The van der Waals surface area contributed by atoms with E-state index >= 15 is 0 Å². The lowest BCUT2D eigenvalue weighted by molar-refractivity contribution is -0.906. The van der Waals surface area contributed by atoms with Crippen molar-refractivity contribution in [3.8, 4) is 0 Å². The summed E-state index contributed by atoms with van der Waals surface area (Å²) in [6.07, 6.45) is 7.29. The summed E-state index contributed by atoms with van der Waals surface area (Å²) in [7, 11) is 4.32. The molecule has 0 aliphatic carbocycles. The van der Waals surface area contributed by atoms with Crippen LogP contribution >= 0.6 is 0 Å². The minimum Gasteiger partial charge on any atom is -0.385 e. The smallest absolute Gasteiger partial charge is 0.126 e. The minimum atomic E-state index is -0.398. The molecule has 0 bridgehead atoms. The molecule has 1 aromatic rings. The van der Waals surface area contributed by atoms with Gasteiger partial charge >= 0.3 is 0 Å². The molecule has 1 N–H and O–H groups in total. The number of ether oxygens (including phenoxy) is 1. The van der Waals surface area contributed by atoms with E-state index in [1.54, 1.807) is 0 Å². The molecule has 0 spiro atoms. The molecule has 0 saturated heterocycles. The molecule has 0 aliphatic heterocycles. The Labute approximate surface area is 155 Å². The van der Waals surface area contributed by atoms with Gasteiger partial charge in [0.2, 0.25) is 0 Å². The molecular formula is C22H40NO2+. The Kier molecular flexibility index (Phi) is 11.0. The number of hydrogen-bond acceptors (Lipinski definition) is 2. The van der Waals surface area contributed by atoms with Crippen LogP contribution in [0.2, 0.25) is 0 Å². The quantitative estimate of drug-likeness (QED) is 0.391. The summed E-state index contributed by atoms with van der Waals surface area (Å²) in [5.74, 6) is 0.828. The molecule has 3 heteroatoms. The summed E-state index contributed by atoms with van der Waals surface area (Å²) < 4.78 is 6.44. The highest BCUT2D eigenvalue weighted by atomic mass is 16.5. The fraction of sp³-hybridized carbons (Fsp3) is 0.727. The van der Waals surface area contributed by atoms with Crippen LogP contribution in [0.3, 0.4) is 0 Å². The van der Waals surface area contributed by atoms with Crippen molar-refractivity contribution in [2.24, 2.45) is 5.92 Å². The first kappa shape index (κ1) is 22.1. The molecule has 144 valence electrons. The van der Waals surface area contributed by atoms with Crippen molar-refractivity contribution in [2.45, 2.75) is 65.0 Å². The van der Waals surface area contributed by atoms with Gasteiger partial charge in [-0.15, -0.1) is 0 Å². The van der Waals surface area contributed by atoms with Gasteiger partial charge in [-0.25, -0.2) is 0 Å². The third-order valence-electron chi connectivity index (χ3n) is 4.54. The standard InChI is InChI=1S/C22H40NO2/c1-20(2)13-9-6-5-7-12-16-25-19-22(24)18-23(3,4)17-21-14-10-8-11-15-21/h8,10-11,14-15,20,22,24H,5-7,9,12-13,16-19H2,1-4H3/q+1. The fourth-order valence-corrected chi connectivity index (χ4v) is 3.27. The second-order valence-corrected chi connectivity index (χ2v) is 8.44. The summed E-state index contributed by atoms with van der Waals surface area (Å²) in [5, 5.41) is 10.2. The van der Waals surface area contributed by atoms with Gasteiger partial charge in [0.15, 0.2) is 0 Å². The Balaban J connectivity index is 2.05. The first-order valence-corrected chi connectivity index (χ1v) is 10.0. The molecule has 1 rings (SSSR count). The van der Waals surface area contributed by atoms with Crippen molar-refractivity contribution in [3.63, 3.8) is 0 Å². The summed E-state index contributed by atoms with van der Waals surface area (Å²) >= 11 is 0. The van der Waals surface area contributed by atoms with E-state index in [-0.39, 0.29) is 0 Å². The molecule has 0 amide bonds. The van der Waals surface area contributed by atoms with Crippen LogP contribution in [-0.4, -0.2) is 49.5 Å². The first-order chi connectivity index (χ1) is 11.9. The molecule has 0 aliphatic rings. The van der Waals surface area contributed by atoms with Gasteiger partial charge in [0.05, 0.1) is 20.7 Å². The summed E-state index contributed by atoms with van der Waals surface area (Å²) in [6, 6.07) is 10.5. The monoisotopic (exact) mass is 350 g/mol. The van der Waals surface area contributed by atoms with E-state index in [4.69, 9.17) is 4.74 Å². The van der Waals surface area contributed by atoms with Crippen LogP contribution in [-0.2, 0) is 11.3 Å².